The van der Waals surface area contributed by atoms with Gasteiger partial charge in [0, 0.05) is 0 Å². The summed E-state index contributed by atoms with van der Waals surface area (Å²) in [6, 6.07) is 12.5. The topological polar surface area (TPSA) is 0 Å². The molecule has 0 heterocycles. The van der Waals surface area contributed by atoms with Crippen molar-refractivity contribution >= 4 is 24.8 Å². The van der Waals surface area contributed by atoms with E-state index in [0.29, 0.717) is 0 Å². The van der Waals surface area contributed by atoms with Gasteiger partial charge < -0.3 is 0 Å². The molecule has 0 spiro atoms. The van der Waals surface area contributed by atoms with Crippen LogP contribution in [0.3, 0.4) is 0 Å². The number of hydrogen-bond donors (Lipinski definition) is 0. The molecule has 0 unspecified atom stereocenters. The molecular weight excluding hydrogens is 291 g/mol. The summed E-state index contributed by atoms with van der Waals surface area (Å²) >= 11 is -5.04. The predicted octanol–water partition coefficient (Wildman–Crippen LogP) is 3.59. The van der Waals surface area contributed by atoms with E-state index in [-0.39, 0.29) is 24.8 Å². The molecule has 0 aliphatic heterocycles. The average molecular weight is 298 g/mol. The van der Waals surface area contributed by atoms with Crippen molar-refractivity contribution < 1.29 is 31.5 Å². The summed E-state index contributed by atoms with van der Waals surface area (Å²) in [7, 11) is 0. The SMILES string of the molecule is Cl.Cl.[F][Zr]([F])[F].[c-]1ccccc1. The maximum Gasteiger partial charge on any atom is -0.171 e. The average Bonchev–Trinajstić information content (AvgIpc) is 1.90. The van der Waals surface area contributed by atoms with Gasteiger partial charge in [-0.15, -0.1) is 24.8 Å². The molecule has 0 atom stereocenters. The van der Waals surface area contributed by atoms with Gasteiger partial charge in [0.2, 0.25) is 0 Å². The van der Waals surface area contributed by atoms with E-state index in [9.17, 15) is 7.88 Å². The molecule has 0 saturated heterocycles. The van der Waals surface area contributed by atoms with E-state index in [2.05, 4.69) is 6.07 Å². The van der Waals surface area contributed by atoms with Crippen LogP contribution in [0.4, 0.5) is 7.88 Å². The minimum Gasteiger partial charge on any atom is -0.184 e. The Morgan fingerprint density at radius 3 is 1.25 bits per heavy atom. The standard InChI is InChI=1S/C6H5.2ClH.3FH.Zr/c1-2-4-6-5-3-1;;;;;;/h1-5H;5*1H;/q-1;;;;;;+3/p-3. The molecule has 0 saturated carbocycles. The van der Waals surface area contributed by atoms with Crippen molar-refractivity contribution in [2.45, 2.75) is 0 Å². The van der Waals surface area contributed by atoms with E-state index >= 15 is 0 Å². The summed E-state index contributed by atoms with van der Waals surface area (Å²) in [5.74, 6) is 0. The monoisotopic (exact) mass is 296 g/mol. The number of rotatable bonds is 0. The van der Waals surface area contributed by atoms with Crippen LogP contribution in [0, 0.1) is 6.07 Å². The van der Waals surface area contributed by atoms with Crippen LogP contribution in [0.25, 0.3) is 0 Å². The third kappa shape index (κ3) is 22.4. The minimum atomic E-state index is -5.04. The van der Waals surface area contributed by atoms with Gasteiger partial charge in [-0.05, 0) is 0 Å². The molecule has 71 valence electrons. The summed E-state index contributed by atoms with van der Waals surface area (Å²) in [6.45, 7) is 0. The molecule has 12 heavy (non-hydrogen) atoms. The normalized spacial score (nSPS) is 6.25. The second-order valence-electron chi connectivity index (χ2n) is 1.29. The van der Waals surface area contributed by atoms with Crippen LogP contribution in [-0.2, 0) is 23.6 Å². The molecule has 0 aliphatic rings. The Bertz CT molecular complexity index is 121. The zero-order chi connectivity index (χ0) is 7.82. The van der Waals surface area contributed by atoms with Gasteiger partial charge in [0.1, 0.15) is 0 Å². The fraction of sp³-hybridized carbons (Fsp3) is 0. The summed E-state index contributed by atoms with van der Waals surface area (Å²) < 4.78 is 29.6. The van der Waals surface area contributed by atoms with Gasteiger partial charge in [-0.25, -0.2) is 0 Å². The van der Waals surface area contributed by atoms with Crippen LogP contribution < -0.4 is 0 Å². The Morgan fingerprint density at radius 1 is 0.833 bits per heavy atom. The van der Waals surface area contributed by atoms with Crippen LogP contribution in [0.1, 0.15) is 0 Å². The second-order valence-corrected chi connectivity index (χ2v) is 2.35. The van der Waals surface area contributed by atoms with E-state index in [1.165, 1.54) is 0 Å². The van der Waals surface area contributed by atoms with Crippen molar-refractivity contribution in [1.82, 2.24) is 0 Å². The number of halogens is 5. The van der Waals surface area contributed by atoms with Crippen LogP contribution in [0.2, 0.25) is 0 Å². The fourth-order valence-corrected chi connectivity index (χ4v) is 0.342. The molecule has 0 N–H and O–H groups in total. The van der Waals surface area contributed by atoms with Crippen molar-refractivity contribution in [2.24, 2.45) is 0 Å². The summed E-state index contributed by atoms with van der Waals surface area (Å²) in [5.41, 5.74) is 0. The first-order valence-electron chi connectivity index (χ1n) is 2.48. The Kier molecular flexibility index (Phi) is 21.4. The van der Waals surface area contributed by atoms with E-state index in [0.717, 1.165) is 0 Å². The molecule has 6 heteroatoms. The molecule has 0 nitrogen and oxygen atoms in total. The minimum absolute atomic E-state index is 0. The zero-order valence-electron chi connectivity index (χ0n) is 5.84. The van der Waals surface area contributed by atoms with E-state index in [1.54, 1.807) is 0 Å². The zero-order valence-corrected chi connectivity index (χ0v) is 9.93. The molecule has 0 aliphatic carbocycles. The summed E-state index contributed by atoms with van der Waals surface area (Å²) in [6.07, 6.45) is 0. The molecule has 1 aromatic carbocycles. The van der Waals surface area contributed by atoms with Crippen LogP contribution in [0.15, 0.2) is 30.3 Å². The third-order valence-corrected chi connectivity index (χ3v) is 0.607. The van der Waals surface area contributed by atoms with Gasteiger partial charge in [0.05, 0.1) is 0 Å². The Hall–Kier alpha value is 0.473. The van der Waals surface area contributed by atoms with E-state index < -0.39 is 23.6 Å². The molecule has 0 amide bonds. The van der Waals surface area contributed by atoms with Crippen molar-refractivity contribution in [3.63, 3.8) is 0 Å². The molecule has 0 fully saturated rings. The van der Waals surface area contributed by atoms with Gasteiger partial charge in [-0.2, -0.15) is 36.4 Å². The van der Waals surface area contributed by atoms with Crippen molar-refractivity contribution in [1.29, 1.82) is 0 Å². The van der Waals surface area contributed by atoms with Crippen molar-refractivity contribution in [3.05, 3.63) is 36.4 Å². The second kappa shape index (κ2) is 14.0. The number of hydrogen-bond acceptors (Lipinski definition) is 0. The van der Waals surface area contributed by atoms with Crippen LogP contribution in [-0.4, -0.2) is 0 Å². The Labute approximate surface area is 92.3 Å². The van der Waals surface area contributed by atoms with Gasteiger partial charge in [0.15, 0.2) is 0 Å². The first kappa shape index (κ1) is 18.3. The van der Waals surface area contributed by atoms with Gasteiger partial charge in [0.25, 0.3) is 0 Å². The summed E-state index contributed by atoms with van der Waals surface area (Å²) in [5, 5.41) is 0. The Balaban J connectivity index is -0.000000124. The van der Waals surface area contributed by atoms with Gasteiger partial charge >= 0.3 is 31.5 Å². The van der Waals surface area contributed by atoms with Crippen LogP contribution >= 0.6 is 24.8 Å². The largest absolute Gasteiger partial charge is 0.184 e. The van der Waals surface area contributed by atoms with E-state index in [1.807, 2.05) is 30.3 Å². The maximum absolute atomic E-state index is 9.86. The van der Waals surface area contributed by atoms with Gasteiger partial charge in [-0.3, -0.25) is 0 Å². The molecule has 1 rings (SSSR count). The Morgan fingerprint density at radius 2 is 1.17 bits per heavy atom. The first-order chi connectivity index (χ1) is 4.73. The van der Waals surface area contributed by atoms with Crippen molar-refractivity contribution in [2.75, 3.05) is 0 Å². The first-order valence-corrected chi connectivity index (χ1v) is 5.26. The number of benzene rings is 1. The smallest absolute Gasteiger partial charge is 0.171 e. The fourth-order valence-electron chi connectivity index (χ4n) is 0.342. The van der Waals surface area contributed by atoms with E-state index in [4.69, 9.17) is 0 Å². The predicted molar refractivity (Wildman–Crippen MR) is 43.1 cm³/mol. The maximum atomic E-state index is 9.86. The van der Waals surface area contributed by atoms with Crippen molar-refractivity contribution in [3.8, 4) is 0 Å². The third-order valence-electron chi connectivity index (χ3n) is 0.607. The van der Waals surface area contributed by atoms with Crippen LogP contribution in [0.5, 0.6) is 0 Å². The molecular formula is C6H7Cl2F3Zr-. The quantitative estimate of drug-likeness (QED) is 0.642. The summed E-state index contributed by atoms with van der Waals surface area (Å²) in [4.78, 5) is 0. The molecule has 0 bridgehead atoms. The molecule has 0 radical (unpaired) electrons. The molecule has 1 aromatic rings. The van der Waals surface area contributed by atoms with Gasteiger partial charge in [-0.1, -0.05) is 0 Å². The molecule has 0 aromatic heterocycles.